The van der Waals surface area contributed by atoms with E-state index >= 15 is 0 Å². The molecule has 1 fully saturated rings. The summed E-state index contributed by atoms with van der Waals surface area (Å²) in [5.74, 6) is 0.407. The predicted octanol–water partition coefficient (Wildman–Crippen LogP) is 2.18. The Morgan fingerprint density at radius 2 is 2.10 bits per heavy atom. The monoisotopic (exact) mass is 289 g/mol. The van der Waals surface area contributed by atoms with Crippen molar-refractivity contribution in [2.45, 2.75) is 31.9 Å². The Balaban J connectivity index is 1.98. The van der Waals surface area contributed by atoms with Crippen molar-refractivity contribution in [2.24, 2.45) is 5.41 Å². The van der Waals surface area contributed by atoms with E-state index in [0.717, 1.165) is 12.8 Å². The van der Waals surface area contributed by atoms with E-state index in [1.54, 1.807) is 11.9 Å². The molecule has 0 unspecified atom stereocenters. The maximum absolute atomic E-state index is 12.2. The average molecular weight is 289 g/mol. The molecule has 4 nitrogen and oxygen atoms in total. The molecule has 0 saturated heterocycles. The molecule has 7 heteroatoms. The average Bonchev–Trinajstić information content (AvgIpc) is 3.16. The van der Waals surface area contributed by atoms with Gasteiger partial charge in [0, 0.05) is 37.3 Å². The molecule has 20 heavy (non-hydrogen) atoms. The van der Waals surface area contributed by atoms with E-state index in [2.05, 4.69) is 9.97 Å². The lowest BCUT2D eigenvalue weighted by Crippen LogP contribution is -2.30. The molecule has 1 N–H and O–H groups in total. The SMILES string of the molecule is CN(CC1(CO)CC1)c1nccc(CCC(F)(F)F)n1. The zero-order valence-corrected chi connectivity index (χ0v) is 11.3. The van der Waals surface area contributed by atoms with E-state index < -0.39 is 12.6 Å². The number of hydrogen-bond donors (Lipinski definition) is 1. The number of nitrogens with zero attached hydrogens (tertiary/aromatic N) is 3. The van der Waals surface area contributed by atoms with Crippen LogP contribution in [0.2, 0.25) is 0 Å². The lowest BCUT2D eigenvalue weighted by atomic mass is 10.1. The molecular formula is C13H18F3N3O. The second-order valence-electron chi connectivity index (χ2n) is 5.48. The summed E-state index contributed by atoms with van der Waals surface area (Å²) in [5.41, 5.74) is 0.299. The molecule has 1 aliphatic carbocycles. The van der Waals surface area contributed by atoms with Gasteiger partial charge in [0.15, 0.2) is 0 Å². The number of alkyl halides is 3. The zero-order valence-electron chi connectivity index (χ0n) is 11.3. The fraction of sp³-hybridized carbons (Fsp3) is 0.692. The maximum atomic E-state index is 12.2. The van der Waals surface area contributed by atoms with Crippen LogP contribution >= 0.6 is 0 Å². The first kappa shape index (κ1) is 15.0. The minimum Gasteiger partial charge on any atom is -0.396 e. The smallest absolute Gasteiger partial charge is 0.389 e. The first-order chi connectivity index (χ1) is 9.34. The Morgan fingerprint density at radius 1 is 1.40 bits per heavy atom. The molecule has 0 aliphatic heterocycles. The minimum atomic E-state index is -4.17. The molecule has 112 valence electrons. The van der Waals surface area contributed by atoms with E-state index in [4.69, 9.17) is 0 Å². The largest absolute Gasteiger partial charge is 0.396 e. The fourth-order valence-corrected chi connectivity index (χ4v) is 2.09. The summed E-state index contributed by atoms with van der Waals surface area (Å²) < 4.78 is 36.6. The molecule has 1 aromatic rings. The van der Waals surface area contributed by atoms with Crippen molar-refractivity contribution >= 4 is 5.95 Å². The Kier molecular flexibility index (Phi) is 4.17. The van der Waals surface area contributed by atoms with E-state index in [-0.39, 0.29) is 18.4 Å². The lowest BCUT2D eigenvalue weighted by Gasteiger charge is -2.22. The number of aromatic nitrogens is 2. The van der Waals surface area contributed by atoms with Gasteiger partial charge in [-0.25, -0.2) is 9.97 Å². The van der Waals surface area contributed by atoms with Crippen LogP contribution in [-0.2, 0) is 6.42 Å². The first-order valence-corrected chi connectivity index (χ1v) is 6.54. The minimum absolute atomic E-state index is 0.0832. The van der Waals surface area contributed by atoms with Gasteiger partial charge in [0.2, 0.25) is 5.95 Å². The lowest BCUT2D eigenvalue weighted by molar-refractivity contribution is -0.134. The van der Waals surface area contributed by atoms with Gasteiger partial charge in [0.05, 0.1) is 6.61 Å². The van der Waals surface area contributed by atoms with E-state index in [1.165, 1.54) is 12.3 Å². The summed E-state index contributed by atoms with van der Waals surface area (Å²) in [6.07, 6.45) is -1.80. The van der Waals surface area contributed by atoms with Crippen molar-refractivity contribution in [3.05, 3.63) is 18.0 Å². The number of aliphatic hydroxyl groups is 1. The highest BCUT2D eigenvalue weighted by molar-refractivity contribution is 5.30. The molecule has 0 spiro atoms. The van der Waals surface area contributed by atoms with E-state index in [1.807, 2.05) is 0 Å². The third-order valence-corrected chi connectivity index (χ3v) is 3.57. The number of halogens is 3. The number of rotatable bonds is 6. The third kappa shape index (κ3) is 4.06. The number of aryl methyl sites for hydroxylation is 1. The molecule has 1 heterocycles. The Labute approximate surface area is 115 Å². The molecule has 0 aromatic carbocycles. The molecule has 0 bridgehead atoms. The van der Waals surface area contributed by atoms with Gasteiger partial charge < -0.3 is 10.0 Å². The van der Waals surface area contributed by atoms with Gasteiger partial charge in [0.1, 0.15) is 0 Å². The highest BCUT2D eigenvalue weighted by atomic mass is 19.4. The van der Waals surface area contributed by atoms with Crippen molar-refractivity contribution in [1.82, 2.24) is 9.97 Å². The Morgan fingerprint density at radius 3 is 2.65 bits per heavy atom. The predicted molar refractivity (Wildman–Crippen MR) is 68.4 cm³/mol. The van der Waals surface area contributed by atoms with Crippen molar-refractivity contribution in [3.63, 3.8) is 0 Å². The van der Waals surface area contributed by atoms with Crippen LogP contribution < -0.4 is 4.90 Å². The number of hydrogen-bond acceptors (Lipinski definition) is 4. The fourth-order valence-electron chi connectivity index (χ4n) is 2.09. The van der Waals surface area contributed by atoms with Gasteiger partial charge in [-0.15, -0.1) is 0 Å². The third-order valence-electron chi connectivity index (χ3n) is 3.57. The zero-order chi connectivity index (χ0) is 14.8. The Hall–Kier alpha value is -1.37. The van der Waals surface area contributed by atoms with Gasteiger partial charge in [-0.2, -0.15) is 13.2 Å². The quantitative estimate of drug-likeness (QED) is 0.872. The van der Waals surface area contributed by atoms with Gasteiger partial charge in [-0.3, -0.25) is 0 Å². The second-order valence-corrected chi connectivity index (χ2v) is 5.48. The molecule has 0 radical (unpaired) electrons. The van der Waals surface area contributed by atoms with Gasteiger partial charge in [0.25, 0.3) is 0 Å². The molecule has 1 aromatic heterocycles. The molecule has 1 saturated carbocycles. The van der Waals surface area contributed by atoms with Gasteiger partial charge in [-0.05, 0) is 25.3 Å². The molecule has 0 atom stereocenters. The number of aliphatic hydroxyl groups excluding tert-OH is 1. The maximum Gasteiger partial charge on any atom is 0.389 e. The highest BCUT2D eigenvalue weighted by Gasteiger charge is 2.43. The van der Waals surface area contributed by atoms with E-state index in [0.29, 0.717) is 18.2 Å². The summed E-state index contributed by atoms with van der Waals surface area (Å²) in [5, 5.41) is 9.29. The van der Waals surface area contributed by atoms with Crippen LogP contribution in [-0.4, -0.2) is 41.5 Å². The highest BCUT2D eigenvalue weighted by Crippen LogP contribution is 2.45. The molecule has 1 aliphatic rings. The summed E-state index contributed by atoms with van der Waals surface area (Å²) in [6, 6.07) is 1.50. The van der Waals surface area contributed by atoms with Crippen molar-refractivity contribution in [2.75, 3.05) is 25.1 Å². The second kappa shape index (κ2) is 5.55. The van der Waals surface area contributed by atoms with Crippen LogP contribution in [0.15, 0.2) is 12.3 Å². The normalized spacial score (nSPS) is 17.1. The molecule has 0 amide bonds. The van der Waals surface area contributed by atoms with Crippen molar-refractivity contribution < 1.29 is 18.3 Å². The van der Waals surface area contributed by atoms with Crippen molar-refractivity contribution in [1.29, 1.82) is 0 Å². The van der Waals surface area contributed by atoms with Crippen LogP contribution in [0.4, 0.5) is 19.1 Å². The Bertz CT molecular complexity index is 460. The van der Waals surface area contributed by atoms with Crippen LogP contribution in [0.5, 0.6) is 0 Å². The first-order valence-electron chi connectivity index (χ1n) is 6.54. The number of anilines is 1. The summed E-state index contributed by atoms with van der Waals surface area (Å²) in [7, 11) is 1.79. The van der Waals surface area contributed by atoms with Crippen molar-refractivity contribution in [3.8, 4) is 0 Å². The van der Waals surface area contributed by atoms with E-state index in [9.17, 15) is 18.3 Å². The van der Waals surface area contributed by atoms with Crippen LogP contribution in [0, 0.1) is 5.41 Å². The molecular weight excluding hydrogens is 271 g/mol. The van der Waals surface area contributed by atoms with Crippen LogP contribution in [0.1, 0.15) is 25.0 Å². The molecule has 2 rings (SSSR count). The topological polar surface area (TPSA) is 49.2 Å². The van der Waals surface area contributed by atoms with Crippen LogP contribution in [0.25, 0.3) is 0 Å². The van der Waals surface area contributed by atoms with Gasteiger partial charge in [-0.1, -0.05) is 0 Å². The van der Waals surface area contributed by atoms with Crippen LogP contribution in [0.3, 0.4) is 0 Å². The summed E-state index contributed by atoms with van der Waals surface area (Å²) in [6.45, 7) is 0.733. The summed E-state index contributed by atoms with van der Waals surface area (Å²) >= 11 is 0. The standard InChI is InChI=1S/C13H18F3N3O/c1-19(8-12(9-20)5-6-12)11-17-7-3-10(18-11)2-4-13(14,15)16/h3,7,20H,2,4-6,8-9H2,1H3. The summed E-state index contributed by atoms with van der Waals surface area (Å²) in [4.78, 5) is 10.0. The van der Waals surface area contributed by atoms with Gasteiger partial charge >= 0.3 is 6.18 Å².